The molecule has 6 atom stereocenters. The van der Waals surface area contributed by atoms with Crippen molar-refractivity contribution in [1.82, 2.24) is 21.3 Å². The molecule has 6 rings (SSSR count). The van der Waals surface area contributed by atoms with E-state index in [-0.39, 0.29) is 48.9 Å². The molecule has 0 radical (unpaired) electrons. The summed E-state index contributed by atoms with van der Waals surface area (Å²) in [5, 5.41) is 14.9. The first kappa shape index (κ1) is 81.9. The van der Waals surface area contributed by atoms with Crippen LogP contribution in [0, 0.1) is 11.8 Å². The fourth-order valence-electron chi connectivity index (χ4n) is 10.8. The third kappa shape index (κ3) is 25.3. The lowest BCUT2D eigenvalue weighted by Gasteiger charge is -2.46. The molecule has 0 aromatic heterocycles. The Morgan fingerprint density at radius 3 is 1.18 bits per heavy atom. The Labute approximate surface area is 577 Å². The highest BCUT2D eigenvalue weighted by atomic mass is 35.6. The van der Waals surface area contributed by atoms with Gasteiger partial charge in [-0.2, -0.15) is 0 Å². The van der Waals surface area contributed by atoms with Crippen LogP contribution in [0.3, 0.4) is 0 Å². The van der Waals surface area contributed by atoms with E-state index in [4.69, 9.17) is 97.4 Å². The molecule has 0 bridgehead atoms. The number of carboxylic acid groups (broad SMARTS) is 1. The predicted molar refractivity (Wildman–Crippen MR) is 373 cm³/mol. The number of hydrogen-bond acceptors (Lipinski definition) is 15. The van der Waals surface area contributed by atoms with Crippen molar-refractivity contribution in [2.45, 2.75) is 196 Å². The molecule has 4 N–H and O–H groups in total. The Bertz CT molecular complexity index is 2870. The number of nitrogens with one attached hydrogen (secondary N) is 3. The van der Waals surface area contributed by atoms with Crippen LogP contribution < -0.4 is 37.0 Å². The summed E-state index contributed by atoms with van der Waals surface area (Å²) >= 11 is 33.6. The minimum atomic E-state index is -3.08. The van der Waals surface area contributed by atoms with Crippen LogP contribution in [0.25, 0.3) is 0 Å². The molecule has 0 unspecified atom stereocenters. The SMILES string of the molecule is C.C[C@@H](O[Si](c1ccccc1)(c1ccccc1)C(C)(C)C)[C@H](CC(=O)OC(C)(C)C)C(=O)N1CCC[C@@H](C(=O)OCC(Cl)(Cl)Cl)N1.C[C@@H](O[Si](c1ccccc1)(c1ccccc1)C(C)(C)C)[C@H](CC(=O)OC(C)(C)C)C(=O)O.O=C(OCC(Cl)(Cl)Cl)[C@@H]1CCCNN1. The lowest BCUT2D eigenvalue weighted by Crippen LogP contribution is -2.68. The van der Waals surface area contributed by atoms with E-state index in [1.165, 1.54) is 5.01 Å². The molecule has 4 aromatic rings. The summed E-state index contributed by atoms with van der Waals surface area (Å²) in [7, 11) is -6.02. The minimum Gasteiger partial charge on any atom is -0.481 e. The van der Waals surface area contributed by atoms with Crippen molar-refractivity contribution >= 4 is 143 Å². The van der Waals surface area contributed by atoms with E-state index in [0.717, 1.165) is 40.1 Å². The van der Waals surface area contributed by atoms with Crippen LogP contribution >= 0.6 is 69.6 Å². The van der Waals surface area contributed by atoms with E-state index in [1.54, 1.807) is 48.5 Å². The molecule has 2 saturated heterocycles. The third-order valence-corrected chi connectivity index (χ3v) is 25.7. The second-order valence-corrected chi connectivity index (χ2v) is 40.2. The zero-order valence-electron chi connectivity index (χ0n) is 54.6. The molecule has 4 aromatic carbocycles. The number of benzene rings is 4. The van der Waals surface area contributed by atoms with Gasteiger partial charge in [-0.3, -0.25) is 39.2 Å². The first-order chi connectivity index (χ1) is 42.1. The predicted octanol–water partition coefficient (Wildman–Crippen LogP) is 11.9. The van der Waals surface area contributed by atoms with Crippen molar-refractivity contribution in [3.63, 3.8) is 0 Å². The maximum atomic E-state index is 14.3. The normalized spacial score (nSPS) is 17.2. The maximum Gasteiger partial charge on any atom is 0.325 e. The van der Waals surface area contributed by atoms with Crippen LogP contribution in [0.5, 0.6) is 0 Å². The number of carbonyl (C=O) groups is 6. The van der Waals surface area contributed by atoms with Gasteiger partial charge in [-0.1, -0.05) is 240 Å². The molecular formula is C67H96Cl6N4O13Si2. The highest BCUT2D eigenvalue weighted by molar-refractivity contribution is 7.00. The van der Waals surface area contributed by atoms with Crippen molar-refractivity contribution < 1.29 is 61.7 Å². The van der Waals surface area contributed by atoms with Gasteiger partial charge in [-0.15, -0.1) is 0 Å². The van der Waals surface area contributed by atoms with Crippen LogP contribution in [-0.2, 0) is 56.6 Å². The Morgan fingerprint density at radius 1 is 0.533 bits per heavy atom. The van der Waals surface area contributed by atoms with Gasteiger partial charge in [0.1, 0.15) is 36.5 Å². The van der Waals surface area contributed by atoms with Crippen molar-refractivity contribution in [3.8, 4) is 0 Å². The lowest BCUT2D eigenvalue weighted by molar-refractivity contribution is -0.163. The number of alkyl halides is 6. The number of hydrogen-bond donors (Lipinski definition) is 4. The lowest BCUT2D eigenvalue weighted by atomic mass is 9.97. The highest BCUT2D eigenvalue weighted by Crippen LogP contribution is 2.41. The zero-order valence-corrected chi connectivity index (χ0v) is 61.2. The summed E-state index contributed by atoms with van der Waals surface area (Å²) in [6.45, 7) is 27.6. The Hall–Kier alpha value is -4.33. The average Bonchev–Trinajstić information content (AvgIpc) is 0.753. The third-order valence-electron chi connectivity index (χ3n) is 14.8. The van der Waals surface area contributed by atoms with E-state index in [9.17, 15) is 33.9 Å². The van der Waals surface area contributed by atoms with Gasteiger partial charge in [-0.05, 0) is 112 Å². The smallest absolute Gasteiger partial charge is 0.325 e. The van der Waals surface area contributed by atoms with Gasteiger partial charge in [0.25, 0.3) is 16.6 Å². The van der Waals surface area contributed by atoms with Gasteiger partial charge in [0.15, 0.2) is 0 Å². The molecule has 92 heavy (non-hydrogen) atoms. The second kappa shape index (κ2) is 35.6. The fourth-order valence-corrected chi connectivity index (χ4v) is 20.6. The molecule has 0 aliphatic carbocycles. The number of rotatable bonds is 20. The first-order valence-corrected chi connectivity index (χ1v) is 36.5. The Balaban J connectivity index is 0.000000406. The first-order valence-electron chi connectivity index (χ1n) is 30.4. The van der Waals surface area contributed by atoms with Gasteiger partial charge in [0.2, 0.25) is 13.5 Å². The molecule has 2 aliphatic heterocycles. The van der Waals surface area contributed by atoms with Gasteiger partial charge in [0, 0.05) is 13.1 Å². The molecule has 17 nitrogen and oxygen atoms in total. The van der Waals surface area contributed by atoms with Crippen LogP contribution in [0.1, 0.15) is 143 Å². The van der Waals surface area contributed by atoms with Crippen LogP contribution in [0.2, 0.25) is 10.1 Å². The van der Waals surface area contributed by atoms with Gasteiger partial charge >= 0.3 is 29.8 Å². The topological polar surface area (TPSA) is 217 Å². The van der Waals surface area contributed by atoms with Gasteiger partial charge < -0.3 is 32.9 Å². The van der Waals surface area contributed by atoms with Crippen molar-refractivity contribution in [3.05, 3.63) is 121 Å². The number of amides is 1. The number of carbonyl (C=O) groups excluding carboxylic acids is 5. The molecule has 1 amide bonds. The molecule has 2 fully saturated rings. The number of hydrazine groups is 2. The monoisotopic (exact) mass is 1430 g/mol. The van der Waals surface area contributed by atoms with E-state index < -0.39 is 102 Å². The molecule has 25 heteroatoms. The second-order valence-electron chi connectivity index (χ2n) is 26.6. The molecule has 0 saturated carbocycles. The molecule has 2 aliphatic rings. The minimum absolute atomic E-state index is 0. The summed E-state index contributed by atoms with van der Waals surface area (Å²) in [6, 6.07) is 39.1. The summed E-state index contributed by atoms with van der Waals surface area (Å²) in [5.41, 5.74) is 7.23. The van der Waals surface area contributed by atoms with Crippen molar-refractivity contribution in [2.75, 3.05) is 26.3 Å². The average molecular weight is 1430 g/mol. The van der Waals surface area contributed by atoms with Gasteiger partial charge in [0.05, 0.1) is 36.9 Å². The van der Waals surface area contributed by atoms with Crippen molar-refractivity contribution in [1.29, 1.82) is 0 Å². The summed E-state index contributed by atoms with van der Waals surface area (Å²) < 4.78 is 31.9. The molecule has 512 valence electrons. The maximum absolute atomic E-state index is 14.3. The van der Waals surface area contributed by atoms with Gasteiger partial charge in [-0.25, -0.2) is 10.9 Å². The summed E-state index contributed by atoms with van der Waals surface area (Å²) in [6.07, 6.45) is 0.720. The van der Waals surface area contributed by atoms with E-state index in [1.807, 2.05) is 79.7 Å². The van der Waals surface area contributed by atoms with E-state index in [2.05, 4.69) is 106 Å². The zero-order chi connectivity index (χ0) is 68.4. The molecule has 2 heterocycles. The van der Waals surface area contributed by atoms with Crippen LogP contribution in [-0.4, -0.2) is 132 Å². The number of nitrogens with zero attached hydrogens (tertiary/aromatic N) is 1. The number of aliphatic carboxylic acids is 1. The summed E-state index contributed by atoms with van der Waals surface area (Å²) in [5.74, 6) is -5.50. The van der Waals surface area contributed by atoms with E-state index >= 15 is 0 Å². The highest BCUT2D eigenvalue weighted by Gasteiger charge is 2.54. The Morgan fingerprint density at radius 2 is 0.870 bits per heavy atom. The summed E-state index contributed by atoms with van der Waals surface area (Å²) in [4.78, 5) is 76.3. The van der Waals surface area contributed by atoms with E-state index in [0.29, 0.717) is 19.4 Å². The largest absolute Gasteiger partial charge is 0.481 e. The number of halogens is 6. The molecular weight excluding hydrogens is 1340 g/mol. The number of carboxylic acids is 1. The van der Waals surface area contributed by atoms with Crippen LogP contribution in [0.15, 0.2) is 121 Å². The standard InChI is InChI=1S/C33H45Cl3N2O6Si.C26H36O5Si.C7H11Cl3N2O2.CH4/c1-23(44-45(32(5,6)7,24-15-10-8-11-16-24)25-17-12-9-13-18-25)26(21-28(39)43-31(2,3)4)29(40)38-20-14-19-27(37-38)30(41)42-22-33(34,35)36;1-19(22(24(28)29)18-23(27)30-25(2,3)4)31-32(26(5,6)7,20-14-10-8-11-15-20)21-16-12-9-13-17-21;8-7(9,10)4-14-6(13)5-2-1-3-11-12-5;/h8-13,15-18,23,26-27,37H,14,19-22H2,1-7H3;8-17,19,22H,18H2,1-7H3,(H,28,29);5,11-12H,1-4H2;1H4/t23-,26+,27+;19-,22+;5-;/m110./s1. The van der Waals surface area contributed by atoms with Crippen molar-refractivity contribution in [2.24, 2.45) is 11.8 Å². The quantitative estimate of drug-likeness (QED) is 0.0280. The molecule has 0 spiro atoms. The Kier molecular flexibility index (Phi) is 31.7. The van der Waals surface area contributed by atoms with Crippen LogP contribution in [0.4, 0.5) is 0 Å². The number of esters is 4. The fraction of sp³-hybridized carbons (Fsp3) is 0.552. The number of ether oxygens (including phenoxy) is 4.